The van der Waals surface area contributed by atoms with Crippen molar-refractivity contribution in [1.29, 1.82) is 0 Å². The van der Waals surface area contributed by atoms with Crippen LogP contribution in [0, 0.1) is 6.92 Å². The van der Waals surface area contributed by atoms with Crippen LogP contribution in [0.3, 0.4) is 0 Å². The molecule has 22 heavy (non-hydrogen) atoms. The van der Waals surface area contributed by atoms with Crippen molar-refractivity contribution in [3.63, 3.8) is 0 Å². The first-order valence-corrected chi connectivity index (χ1v) is 8.42. The van der Waals surface area contributed by atoms with E-state index in [4.69, 9.17) is 0 Å². The fourth-order valence-corrected chi connectivity index (χ4v) is 3.65. The predicted octanol–water partition coefficient (Wildman–Crippen LogP) is 2.30. The van der Waals surface area contributed by atoms with Crippen molar-refractivity contribution in [2.45, 2.75) is 71.6 Å². The molecule has 1 amide bonds. The van der Waals surface area contributed by atoms with E-state index in [0.29, 0.717) is 12.1 Å². The summed E-state index contributed by atoms with van der Waals surface area (Å²) < 4.78 is 2.13. The van der Waals surface area contributed by atoms with Gasteiger partial charge in [-0.05, 0) is 47.0 Å². The van der Waals surface area contributed by atoms with E-state index in [9.17, 15) is 4.79 Å². The van der Waals surface area contributed by atoms with Gasteiger partial charge in [-0.25, -0.2) is 4.98 Å². The molecule has 0 spiro atoms. The summed E-state index contributed by atoms with van der Waals surface area (Å²) in [4.78, 5) is 21.1. The van der Waals surface area contributed by atoms with Crippen LogP contribution in [-0.4, -0.2) is 57.0 Å². The number of rotatable bonds is 6. The second-order valence-electron chi connectivity index (χ2n) is 6.68. The van der Waals surface area contributed by atoms with E-state index in [-0.39, 0.29) is 11.9 Å². The summed E-state index contributed by atoms with van der Waals surface area (Å²) in [6.07, 6.45) is 7.16. The maximum absolute atomic E-state index is 12.6. The molecule has 5 nitrogen and oxygen atoms in total. The molecule has 124 valence electrons. The minimum atomic E-state index is -0.0209. The average Bonchev–Trinajstić information content (AvgIpc) is 3.03. The topological polar surface area (TPSA) is 41.4 Å². The number of likely N-dealkylation sites (N-methyl/N-ethyl adjacent to an activating group) is 1. The van der Waals surface area contributed by atoms with Crippen molar-refractivity contribution < 1.29 is 4.79 Å². The molecule has 1 aliphatic rings. The zero-order valence-electron chi connectivity index (χ0n) is 14.6. The Kier molecular flexibility index (Phi) is 5.62. The van der Waals surface area contributed by atoms with Crippen molar-refractivity contribution in [3.05, 3.63) is 18.2 Å². The third-order valence-corrected chi connectivity index (χ3v) is 5.02. The number of aryl methyl sites for hydroxylation is 2. The molecule has 0 saturated carbocycles. The Labute approximate surface area is 134 Å². The summed E-state index contributed by atoms with van der Waals surface area (Å²) in [6.45, 7) is 10.2. The number of imidazole rings is 1. The van der Waals surface area contributed by atoms with Gasteiger partial charge in [0.2, 0.25) is 5.91 Å². The van der Waals surface area contributed by atoms with Gasteiger partial charge < -0.3 is 9.47 Å². The maximum atomic E-state index is 12.6. The summed E-state index contributed by atoms with van der Waals surface area (Å²) in [6, 6.07) is 0.999. The van der Waals surface area contributed by atoms with E-state index in [0.717, 1.165) is 25.3 Å². The normalized spacial score (nSPS) is 23.7. The number of hydrogen-bond acceptors (Lipinski definition) is 3. The number of carbonyl (C=O) groups is 1. The van der Waals surface area contributed by atoms with Gasteiger partial charge >= 0.3 is 0 Å². The van der Waals surface area contributed by atoms with Crippen LogP contribution >= 0.6 is 0 Å². The largest absolute Gasteiger partial charge is 0.344 e. The van der Waals surface area contributed by atoms with Crippen LogP contribution in [0.5, 0.6) is 0 Å². The van der Waals surface area contributed by atoms with Gasteiger partial charge in [0.15, 0.2) is 0 Å². The fourth-order valence-electron chi connectivity index (χ4n) is 3.65. The monoisotopic (exact) mass is 306 g/mol. The number of aromatic nitrogens is 2. The standard InChI is InChI=1S/C17H30N4O/c1-13-7-8-14(2)21(13)15(3)17(22)19(5)10-6-11-20-12-9-18-16(20)4/h9,12-15H,6-8,10-11H2,1-5H3/t13-,14+,15-/m0/s1. The second-order valence-corrected chi connectivity index (χ2v) is 6.68. The molecule has 0 radical (unpaired) electrons. The Hall–Kier alpha value is -1.36. The van der Waals surface area contributed by atoms with Crippen LogP contribution in [0.25, 0.3) is 0 Å². The zero-order chi connectivity index (χ0) is 16.3. The first-order chi connectivity index (χ1) is 10.4. The highest BCUT2D eigenvalue weighted by Crippen LogP contribution is 2.26. The van der Waals surface area contributed by atoms with Crippen LogP contribution < -0.4 is 0 Å². The Morgan fingerprint density at radius 2 is 2.05 bits per heavy atom. The van der Waals surface area contributed by atoms with Crippen LogP contribution in [0.2, 0.25) is 0 Å². The van der Waals surface area contributed by atoms with Gasteiger partial charge in [-0.1, -0.05) is 0 Å². The first-order valence-electron chi connectivity index (χ1n) is 8.42. The molecule has 0 aliphatic carbocycles. The van der Waals surface area contributed by atoms with Crippen molar-refractivity contribution >= 4 is 5.91 Å². The summed E-state index contributed by atoms with van der Waals surface area (Å²) in [7, 11) is 1.92. The molecule has 3 atom stereocenters. The van der Waals surface area contributed by atoms with Crippen LogP contribution in [0.4, 0.5) is 0 Å². The third kappa shape index (κ3) is 3.69. The van der Waals surface area contributed by atoms with E-state index < -0.39 is 0 Å². The fraction of sp³-hybridized carbons (Fsp3) is 0.765. The molecule has 5 heteroatoms. The molecule has 0 aromatic carbocycles. The lowest BCUT2D eigenvalue weighted by Crippen LogP contribution is -2.49. The van der Waals surface area contributed by atoms with E-state index in [1.165, 1.54) is 12.8 Å². The Bertz CT molecular complexity index is 489. The van der Waals surface area contributed by atoms with E-state index in [1.807, 2.05) is 31.3 Å². The minimum absolute atomic E-state index is 0.0209. The highest BCUT2D eigenvalue weighted by molar-refractivity contribution is 5.81. The van der Waals surface area contributed by atoms with E-state index in [1.54, 1.807) is 0 Å². The lowest BCUT2D eigenvalue weighted by atomic mass is 10.2. The maximum Gasteiger partial charge on any atom is 0.239 e. The Morgan fingerprint density at radius 3 is 2.59 bits per heavy atom. The first kappa shape index (κ1) is 17.0. The van der Waals surface area contributed by atoms with Gasteiger partial charge in [0.05, 0.1) is 6.04 Å². The van der Waals surface area contributed by atoms with Gasteiger partial charge in [-0.3, -0.25) is 9.69 Å². The van der Waals surface area contributed by atoms with E-state index in [2.05, 4.69) is 35.2 Å². The van der Waals surface area contributed by atoms with Crippen molar-refractivity contribution in [3.8, 4) is 0 Å². The summed E-state index contributed by atoms with van der Waals surface area (Å²) in [5, 5.41) is 0. The number of nitrogens with zero attached hydrogens (tertiary/aromatic N) is 4. The molecule has 2 rings (SSSR count). The molecule has 1 aliphatic heterocycles. The zero-order valence-corrected chi connectivity index (χ0v) is 14.6. The van der Waals surface area contributed by atoms with E-state index >= 15 is 0 Å². The highest BCUT2D eigenvalue weighted by atomic mass is 16.2. The van der Waals surface area contributed by atoms with Gasteiger partial charge in [-0.2, -0.15) is 0 Å². The Morgan fingerprint density at radius 1 is 1.41 bits per heavy atom. The van der Waals surface area contributed by atoms with Crippen molar-refractivity contribution in [1.82, 2.24) is 19.4 Å². The number of amides is 1. The molecule has 0 bridgehead atoms. The van der Waals surface area contributed by atoms with Crippen molar-refractivity contribution in [2.75, 3.05) is 13.6 Å². The van der Waals surface area contributed by atoms with Crippen LogP contribution in [0.15, 0.2) is 12.4 Å². The molecule has 0 N–H and O–H groups in total. The quantitative estimate of drug-likeness (QED) is 0.810. The van der Waals surface area contributed by atoms with Gasteiger partial charge in [0.25, 0.3) is 0 Å². The molecule has 2 heterocycles. The average molecular weight is 306 g/mol. The summed E-state index contributed by atoms with van der Waals surface area (Å²) in [5.74, 6) is 1.27. The number of hydrogen-bond donors (Lipinski definition) is 0. The Balaban J connectivity index is 1.82. The molecular weight excluding hydrogens is 276 g/mol. The predicted molar refractivity (Wildman–Crippen MR) is 88.7 cm³/mol. The SMILES string of the molecule is Cc1nccn1CCCN(C)C(=O)[C@H](C)N1[C@H](C)CC[C@@H]1C. The molecule has 0 unspecified atom stereocenters. The summed E-state index contributed by atoms with van der Waals surface area (Å²) in [5.41, 5.74) is 0. The second kappa shape index (κ2) is 7.27. The molecule has 1 aromatic heterocycles. The highest BCUT2D eigenvalue weighted by Gasteiger charge is 2.35. The molecular formula is C17H30N4O. The minimum Gasteiger partial charge on any atom is -0.344 e. The molecule has 1 saturated heterocycles. The van der Waals surface area contributed by atoms with Gasteiger partial charge in [-0.15, -0.1) is 0 Å². The molecule has 1 fully saturated rings. The van der Waals surface area contributed by atoms with Gasteiger partial charge in [0.1, 0.15) is 5.82 Å². The summed E-state index contributed by atoms with van der Waals surface area (Å²) >= 11 is 0. The number of likely N-dealkylation sites (tertiary alicyclic amines) is 1. The smallest absolute Gasteiger partial charge is 0.239 e. The molecule has 1 aromatic rings. The third-order valence-electron chi connectivity index (χ3n) is 5.02. The lowest BCUT2D eigenvalue weighted by Gasteiger charge is -2.34. The number of carbonyl (C=O) groups excluding carboxylic acids is 1. The van der Waals surface area contributed by atoms with Crippen LogP contribution in [-0.2, 0) is 11.3 Å². The van der Waals surface area contributed by atoms with Gasteiger partial charge in [0, 0.05) is 44.6 Å². The lowest BCUT2D eigenvalue weighted by molar-refractivity contribution is -0.136. The van der Waals surface area contributed by atoms with Crippen molar-refractivity contribution in [2.24, 2.45) is 0 Å². The van der Waals surface area contributed by atoms with Crippen LogP contribution in [0.1, 0.15) is 45.9 Å².